The van der Waals surface area contributed by atoms with Gasteiger partial charge in [-0.1, -0.05) is 72.8 Å². The quantitative estimate of drug-likeness (QED) is 0.0344. The van der Waals surface area contributed by atoms with Crippen LogP contribution >= 0.6 is 11.3 Å². The first-order valence-corrected chi connectivity index (χ1v) is 22.2. The molecule has 0 saturated carbocycles. The minimum atomic E-state index is -1.18. The fourth-order valence-corrected chi connectivity index (χ4v) is 8.58. The number of aliphatic carboxylic acids is 1. The van der Waals surface area contributed by atoms with Crippen LogP contribution in [0.15, 0.2) is 23.6 Å². The SMILES string of the molecule is CCCCCCN(C(=O)[C@@H](NC(=O)[C@H]1CCCCN1C)[C@@H](C)CC)[C@H](C[C@@H](OC(C)=O)c1nc(C(=O)NC(Cc2ccc(O)c(N)c2)CC(C)(C)C(=O)O)cs1)C(C)C. The summed E-state index contributed by atoms with van der Waals surface area (Å²) in [6, 6.07) is 2.63. The Hall–Kier alpha value is -4.24. The van der Waals surface area contributed by atoms with Gasteiger partial charge in [-0.15, -0.1) is 11.3 Å². The number of anilines is 1. The fourth-order valence-electron chi connectivity index (χ4n) is 7.74. The molecule has 1 aliphatic rings. The van der Waals surface area contributed by atoms with Gasteiger partial charge in [0.2, 0.25) is 11.8 Å². The first kappa shape index (κ1) is 49.1. The topological polar surface area (TPSA) is 204 Å². The number of aromatic nitrogens is 1. The summed E-state index contributed by atoms with van der Waals surface area (Å²) in [5.74, 6) is -2.66. The van der Waals surface area contributed by atoms with E-state index < -0.39 is 47.5 Å². The molecular formula is C44H70N6O8S. The van der Waals surface area contributed by atoms with Crippen LogP contribution in [0.4, 0.5) is 5.69 Å². The van der Waals surface area contributed by atoms with Crippen LogP contribution in [0, 0.1) is 17.3 Å². The summed E-state index contributed by atoms with van der Waals surface area (Å²) >= 11 is 1.17. The van der Waals surface area contributed by atoms with Gasteiger partial charge in [-0.05, 0) is 89.1 Å². The molecule has 3 rings (SSSR count). The van der Waals surface area contributed by atoms with Crippen molar-refractivity contribution in [3.63, 3.8) is 0 Å². The number of hydrogen-bond acceptors (Lipinski definition) is 11. The van der Waals surface area contributed by atoms with Crippen LogP contribution in [-0.2, 0) is 30.3 Å². The van der Waals surface area contributed by atoms with E-state index in [-0.39, 0.29) is 66.1 Å². The summed E-state index contributed by atoms with van der Waals surface area (Å²) in [7, 11) is 1.95. The fraction of sp³-hybridized carbons (Fsp3) is 0.682. The average molecular weight is 843 g/mol. The van der Waals surface area contributed by atoms with Crippen molar-refractivity contribution in [2.24, 2.45) is 17.3 Å². The van der Waals surface area contributed by atoms with Crippen LogP contribution in [0.1, 0.15) is 147 Å². The number of carbonyl (C=O) groups is 5. The van der Waals surface area contributed by atoms with Crippen molar-refractivity contribution >= 4 is 46.7 Å². The molecule has 0 spiro atoms. The number of nitrogens with two attached hydrogens (primary N) is 1. The van der Waals surface area contributed by atoms with Crippen LogP contribution in [0.2, 0.25) is 0 Å². The molecule has 15 heteroatoms. The van der Waals surface area contributed by atoms with Gasteiger partial charge in [0.1, 0.15) is 22.5 Å². The molecule has 1 fully saturated rings. The number of carbonyl (C=O) groups excluding carboxylic acids is 4. The van der Waals surface area contributed by atoms with E-state index >= 15 is 0 Å². The van der Waals surface area contributed by atoms with Crippen molar-refractivity contribution < 1.29 is 38.9 Å². The number of nitrogens with one attached hydrogen (secondary N) is 2. The molecule has 6 atom stereocenters. The van der Waals surface area contributed by atoms with Crippen molar-refractivity contribution in [1.82, 2.24) is 25.4 Å². The van der Waals surface area contributed by atoms with E-state index in [0.29, 0.717) is 23.5 Å². The molecule has 0 radical (unpaired) electrons. The van der Waals surface area contributed by atoms with Crippen LogP contribution in [0.3, 0.4) is 0 Å². The molecule has 14 nitrogen and oxygen atoms in total. The Labute approximate surface area is 355 Å². The summed E-state index contributed by atoms with van der Waals surface area (Å²) < 4.78 is 5.91. The van der Waals surface area contributed by atoms with Crippen LogP contribution in [-0.4, -0.2) is 99.0 Å². The molecule has 1 unspecified atom stereocenters. The molecule has 1 aromatic heterocycles. The first-order valence-electron chi connectivity index (χ1n) is 21.3. The van der Waals surface area contributed by atoms with Crippen molar-refractivity contribution in [3.8, 4) is 5.75 Å². The Balaban J connectivity index is 1.95. The van der Waals surface area contributed by atoms with Gasteiger partial charge in [-0.2, -0.15) is 0 Å². The van der Waals surface area contributed by atoms with E-state index in [1.807, 2.05) is 39.6 Å². The standard InChI is InChI=1S/C44H70N6O8S/c1-10-12-13-15-21-50(42(55)38(28(5)11-2)48-40(54)34-17-14-16-20-49(34)9)35(27(3)4)24-37(58-29(6)51)41-47-33(26-59-41)39(53)46-31(25-44(7,8)43(56)57)22-30-18-19-36(52)32(45)23-30/h18-19,23,26-28,31,34-35,37-38,52H,10-17,20-22,24-25,45H2,1-9H3,(H,46,53)(H,48,54)(H,56,57)/t28-,31?,34+,35+,37+,38-/m0/s1. The third-order valence-corrected chi connectivity index (χ3v) is 12.5. The number of aromatic hydroxyl groups is 1. The maximum absolute atomic E-state index is 14.9. The monoisotopic (exact) mass is 842 g/mol. The lowest BCUT2D eigenvalue weighted by Crippen LogP contribution is -2.59. The molecule has 1 aromatic carbocycles. The molecule has 0 bridgehead atoms. The number of hydrogen-bond donors (Lipinski definition) is 5. The van der Waals surface area contributed by atoms with Crippen molar-refractivity contribution in [2.75, 3.05) is 25.9 Å². The molecule has 59 heavy (non-hydrogen) atoms. The number of phenolic OH excluding ortho intramolecular Hbond substituents is 1. The number of nitrogen functional groups attached to an aromatic ring is 1. The number of thiazole rings is 1. The Morgan fingerprint density at radius 1 is 1.08 bits per heavy atom. The van der Waals surface area contributed by atoms with Crippen LogP contribution in [0.25, 0.3) is 0 Å². The van der Waals surface area contributed by atoms with Gasteiger partial charge in [0.25, 0.3) is 5.91 Å². The van der Waals surface area contributed by atoms with Gasteiger partial charge in [0.05, 0.1) is 17.1 Å². The third-order valence-electron chi connectivity index (χ3n) is 11.6. The second-order valence-electron chi connectivity index (χ2n) is 17.3. The van der Waals surface area contributed by atoms with Crippen molar-refractivity contribution in [3.05, 3.63) is 39.8 Å². The van der Waals surface area contributed by atoms with E-state index in [1.165, 1.54) is 24.3 Å². The number of rotatable bonds is 23. The summed E-state index contributed by atoms with van der Waals surface area (Å²) in [6.45, 7) is 16.0. The predicted molar refractivity (Wildman–Crippen MR) is 231 cm³/mol. The number of likely N-dealkylation sites (tertiary alicyclic amines) is 1. The maximum Gasteiger partial charge on any atom is 0.309 e. The summed E-state index contributed by atoms with van der Waals surface area (Å²) in [4.78, 5) is 75.7. The molecule has 6 N–H and O–H groups in total. The molecule has 2 heterocycles. The van der Waals surface area contributed by atoms with Crippen LogP contribution < -0.4 is 16.4 Å². The number of ether oxygens (including phenoxy) is 1. The lowest BCUT2D eigenvalue weighted by Gasteiger charge is -2.40. The van der Waals surface area contributed by atoms with Gasteiger partial charge in [-0.3, -0.25) is 28.9 Å². The molecule has 2 aromatic rings. The Morgan fingerprint density at radius 2 is 1.80 bits per heavy atom. The van der Waals surface area contributed by atoms with Crippen molar-refractivity contribution in [2.45, 2.75) is 156 Å². The molecule has 0 aliphatic carbocycles. The Kier molecular flexibility index (Phi) is 19.1. The number of phenols is 1. The minimum absolute atomic E-state index is 0.0732. The second-order valence-corrected chi connectivity index (χ2v) is 18.2. The van der Waals surface area contributed by atoms with E-state index in [9.17, 15) is 34.2 Å². The smallest absolute Gasteiger partial charge is 0.309 e. The lowest BCUT2D eigenvalue weighted by molar-refractivity contribution is -0.150. The summed E-state index contributed by atoms with van der Waals surface area (Å²) in [6.07, 6.45) is 6.84. The van der Waals surface area contributed by atoms with E-state index in [0.717, 1.165) is 51.5 Å². The zero-order chi connectivity index (χ0) is 44.0. The molecule has 1 aliphatic heterocycles. The molecular weight excluding hydrogens is 773 g/mol. The number of likely N-dealkylation sites (N-methyl/N-ethyl adjacent to an activating group) is 1. The van der Waals surface area contributed by atoms with Gasteiger partial charge >= 0.3 is 11.9 Å². The molecule has 330 valence electrons. The number of nitrogens with zero attached hydrogens (tertiary/aromatic N) is 3. The minimum Gasteiger partial charge on any atom is -0.506 e. The Bertz CT molecular complexity index is 1720. The van der Waals surface area contributed by atoms with E-state index in [1.54, 1.807) is 31.4 Å². The average Bonchev–Trinajstić information content (AvgIpc) is 3.67. The number of esters is 1. The lowest BCUT2D eigenvalue weighted by atomic mass is 9.84. The van der Waals surface area contributed by atoms with E-state index in [4.69, 9.17) is 10.5 Å². The number of unbranched alkanes of at least 4 members (excludes halogenated alkanes) is 3. The van der Waals surface area contributed by atoms with Gasteiger partial charge in [0, 0.05) is 37.4 Å². The number of carboxylic acids is 1. The highest BCUT2D eigenvalue weighted by atomic mass is 32.1. The highest BCUT2D eigenvalue weighted by molar-refractivity contribution is 7.09. The van der Waals surface area contributed by atoms with E-state index in [2.05, 4.69) is 27.4 Å². The highest BCUT2D eigenvalue weighted by Crippen LogP contribution is 2.33. The second kappa shape index (κ2) is 22.9. The highest BCUT2D eigenvalue weighted by Gasteiger charge is 2.39. The van der Waals surface area contributed by atoms with Crippen LogP contribution in [0.5, 0.6) is 5.75 Å². The number of carboxylic acid groups (broad SMARTS) is 1. The summed E-state index contributed by atoms with van der Waals surface area (Å²) in [5, 5.41) is 27.9. The third kappa shape index (κ3) is 14.5. The van der Waals surface area contributed by atoms with Gasteiger partial charge in [0.15, 0.2) is 6.10 Å². The molecule has 1 saturated heterocycles. The molecule has 3 amide bonds. The largest absolute Gasteiger partial charge is 0.506 e. The Morgan fingerprint density at radius 3 is 2.39 bits per heavy atom. The zero-order valence-electron chi connectivity index (χ0n) is 36.7. The maximum atomic E-state index is 14.9. The van der Waals surface area contributed by atoms with Gasteiger partial charge in [-0.25, -0.2) is 4.98 Å². The number of piperidine rings is 1. The number of amides is 3. The summed E-state index contributed by atoms with van der Waals surface area (Å²) in [5.41, 5.74) is 5.69. The van der Waals surface area contributed by atoms with Gasteiger partial charge < -0.3 is 36.2 Å². The predicted octanol–water partition coefficient (Wildman–Crippen LogP) is 6.72. The normalized spacial score (nSPS) is 17.4. The zero-order valence-corrected chi connectivity index (χ0v) is 37.5. The number of benzene rings is 1. The first-order chi connectivity index (χ1) is 27.8. The van der Waals surface area contributed by atoms with Crippen molar-refractivity contribution in [1.29, 1.82) is 0 Å².